The molecule has 170 valence electrons. The quantitative estimate of drug-likeness (QED) is 0.422. The second kappa shape index (κ2) is 9.01. The van der Waals surface area contributed by atoms with Crippen LogP contribution in [0.15, 0.2) is 71.5 Å². The Morgan fingerprint density at radius 1 is 1.09 bits per heavy atom. The van der Waals surface area contributed by atoms with Gasteiger partial charge in [-0.3, -0.25) is 13.9 Å². The molecule has 0 spiro atoms. The van der Waals surface area contributed by atoms with E-state index >= 15 is 0 Å². The molecule has 33 heavy (non-hydrogen) atoms. The Bertz CT molecular complexity index is 1510. The largest absolute Gasteiger partial charge is 0.322 e. The minimum Gasteiger partial charge on any atom is -0.322 e. The number of hydrogen-bond acceptors (Lipinski definition) is 5. The maximum Gasteiger partial charge on any atom is 0.307 e. The molecule has 0 aliphatic heterocycles. The molecule has 10 heteroatoms. The number of sulfonamides is 1. The van der Waals surface area contributed by atoms with Gasteiger partial charge in [-0.25, -0.2) is 8.42 Å². The summed E-state index contributed by atoms with van der Waals surface area (Å²) in [5.74, 6) is -0.306. The van der Waals surface area contributed by atoms with E-state index < -0.39 is 10.0 Å². The molecule has 7 nitrogen and oxygen atoms in total. The molecule has 0 radical (unpaired) electrons. The highest BCUT2D eigenvalue weighted by Crippen LogP contribution is 2.25. The van der Waals surface area contributed by atoms with Gasteiger partial charge in [0.05, 0.1) is 28.7 Å². The Kier molecular flexibility index (Phi) is 6.29. The smallest absolute Gasteiger partial charge is 0.307 e. The van der Waals surface area contributed by atoms with Gasteiger partial charge in [0, 0.05) is 23.3 Å². The Labute approximate surface area is 199 Å². The monoisotopic (exact) mass is 501 g/mol. The van der Waals surface area contributed by atoms with Crippen LogP contribution in [0.1, 0.15) is 15.9 Å². The number of amides is 1. The molecule has 4 aromatic rings. The average Bonchev–Trinajstić information content (AvgIpc) is 3.04. The Morgan fingerprint density at radius 3 is 2.48 bits per heavy atom. The lowest BCUT2D eigenvalue weighted by molar-refractivity contribution is 0.102. The summed E-state index contributed by atoms with van der Waals surface area (Å²) in [6, 6.07) is 18.6. The molecule has 1 amide bonds. The number of rotatable bonds is 6. The van der Waals surface area contributed by atoms with Gasteiger partial charge in [0.15, 0.2) is 0 Å². The van der Waals surface area contributed by atoms with E-state index in [9.17, 15) is 18.0 Å². The van der Waals surface area contributed by atoms with E-state index in [-0.39, 0.29) is 17.3 Å². The summed E-state index contributed by atoms with van der Waals surface area (Å²) in [6.45, 7) is 0.102. The normalized spacial score (nSPS) is 11.5. The van der Waals surface area contributed by atoms with E-state index in [4.69, 9.17) is 11.6 Å². The molecule has 0 aliphatic rings. The number of thiazole rings is 1. The van der Waals surface area contributed by atoms with Gasteiger partial charge in [0.25, 0.3) is 5.91 Å². The van der Waals surface area contributed by atoms with Crippen LogP contribution in [-0.4, -0.2) is 25.1 Å². The number of carbonyl (C=O) groups excluding carboxylic acids is 1. The fraction of sp³-hybridized carbons (Fsp3) is 0.130. The maximum atomic E-state index is 12.7. The van der Waals surface area contributed by atoms with Gasteiger partial charge in [0.2, 0.25) is 10.0 Å². The van der Waals surface area contributed by atoms with Gasteiger partial charge in [-0.1, -0.05) is 41.1 Å². The van der Waals surface area contributed by atoms with E-state index in [1.54, 1.807) is 78.3 Å². The van der Waals surface area contributed by atoms with Gasteiger partial charge in [-0.15, -0.1) is 0 Å². The number of benzene rings is 3. The summed E-state index contributed by atoms with van der Waals surface area (Å²) in [7, 11) is -1.84. The van der Waals surface area contributed by atoms with Gasteiger partial charge in [0.1, 0.15) is 0 Å². The van der Waals surface area contributed by atoms with Crippen molar-refractivity contribution in [3.05, 3.63) is 92.5 Å². The number of hydrogen-bond donors (Lipinski definition) is 1. The van der Waals surface area contributed by atoms with Gasteiger partial charge >= 0.3 is 4.87 Å². The first kappa shape index (κ1) is 23.0. The SMILES string of the molecule is Cn1c(=O)sc2cc(NC(=O)c3ccc(CN(c4cccc(Cl)c4)S(C)(=O)=O)cc3)ccc21. The fourth-order valence-electron chi connectivity index (χ4n) is 3.37. The molecule has 4 rings (SSSR count). The lowest BCUT2D eigenvalue weighted by Crippen LogP contribution is -2.29. The van der Waals surface area contributed by atoms with Crippen LogP contribution in [0, 0.1) is 0 Å². The number of halogens is 1. The molecule has 0 saturated carbocycles. The standard InChI is InChI=1S/C23H20ClN3O4S2/c1-26-20-11-10-18(13-21(20)32-23(26)29)25-22(28)16-8-6-15(7-9-16)14-27(33(2,30)31)19-5-3-4-17(24)12-19/h3-13H,14H2,1-2H3,(H,25,28). The molecule has 0 saturated heterocycles. The van der Waals surface area contributed by atoms with Gasteiger partial charge in [-0.2, -0.15) is 0 Å². The van der Waals surface area contributed by atoms with Gasteiger partial charge < -0.3 is 9.88 Å². The Morgan fingerprint density at radius 2 is 1.82 bits per heavy atom. The number of nitrogens with one attached hydrogen (secondary N) is 1. The lowest BCUT2D eigenvalue weighted by Gasteiger charge is -2.22. The third kappa shape index (κ3) is 5.11. The third-order valence-corrected chi connectivity index (χ3v) is 7.46. The molecule has 1 heterocycles. The highest BCUT2D eigenvalue weighted by Gasteiger charge is 2.18. The Hall–Kier alpha value is -3.14. The molecule has 1 aromatic heterocycles. The predicted octanol–water partition coefficient (Wildman–Crippen LogP) is 4.47. The van der Waals surface area contributed by atoms with Crippen molar-refractivity contribution in [2.75, 3.05) is 15.9 Å². The average molecular weight is 502 g/mol. The summed E-state index contributed by atoms with van der Waals surface area (Å²) in [5, 5.41) is 3.27. The zero-order valence-corrected chi connectivity index (χ0v) is 20.2. The fourth-order valence-corrected chi connectivity index (χ4v) is 5.36. The van der Waals surface area contributed by atoms with Crippen molar-refractivity contribution in [1.29, 1.82) is 0 Å². The molecule has 0 fully saturated rings. The van der Waals surface area contributed by atoms with Crippen LogP contribution in [0.3, 0.4) is 0 Å². The van der Waals surface area contributed by atoms with E-state index in [2.05, 4.69) is 5.32 Å². The van der Waals surface area contributed by atoms with Crippen LogP contribution < -0.4 is 14.5 Å². The highest BCUT2D eigenvalue weighted by molar-refractivity contribution is 7.92. The maximum absolute atomic E-state index is 12.7. The summed E-state index contributed by atoms with van der Waals surface area (Å²) in [5.41, 5.74) is 3.00. The number of carbonyl (C=O) groups is 1. The third-order valence-electron chi connectivity index (χ3n) is 5.09. The van der Waals surface area contributed by atoms with Crippen LogP contribution in [0.4, 0.5) is 11.4 Å². The van der Waals surface area contributed by atoms with E-state index in [1.807, 2.05) is 0 Å². The second-order valence-corrected chi connectivity index (χ2v) is 10.8. The molecular weight excluding hydrogens is 482 g/mol. The molecule has 0 unspecified atom stereocenters. The molecule has 0 atom stereocenters. The van der Waals surface area contributed by atoms with E-state index in [0.717, 1.165) is 27.8 Å². The van der Waals surface area contributed by atoms with Crippen LogP contribution >= 0.6 is 22.9 Å². The van der Waals surface area contributed by atoms with Crippen molar-refractivity contribution >= 4 is 60.5 Å². The number of anilines is 2. The number of fused-ring (bicyclic) bond motifs is 1. The van der Waals surface area contributed by atoms with Crippen LogP contribution in [0.2, 0.25) is 5.02 Å². The number of aryl methyl sites for hydroxylation is 1. The highest BCUT2D eigenvalue weighted by atomic mass is 35.5. The Balaban J connectivity index is 1.51. The van der Waals surface area contributed by atoms with E-state index in [1.165, 1.54) is 4.31 Å². The molecule has 0 bridgehead atoms. The molecule has 1 N–H and O–H groups in total. The predicted molar refractivity (Wildman–Crippen MR) is 134 cm³/mol. The van der Waals surface area contributed by atoms with Crippen LogP contribution in [0.25, 0.3) is 10.2 Å². The van der Waals surface area contributed by atoms with Gasteiger partial charge in [-0.05, 0) is 54.1 Å². The number of nitrogens with zero attached hydrogens (tertiary/aromatic N) is 2. The lowest BCUT2D eigenvalue weighted by atomic mass is 10.1. The summed E-state index contributed by atoms with van der Waals surface area (Å²) < 4.78 is 28.3. The number of aromatic nitrogens is 1. The van der Waals surface area contributed by atoms with Crippen molar-refractivity contribution in [3.63, 3.8) is 0 Å². The van der Waals surface area contributed by atoms with Crippen LogP contribution in [-0.2, 0) is 23.6 Å². The molecule has 3 aromatic carbocycles. The first-order chi connectivity index (χ1) is 15.6. The minimum absolute atomic E-state index is 0.0648. The van der Waals surface area contributed by atoms with Crippen molar-refractivity contribution in [2.45, 2.75) is 6.54 Å². The minimum atomic E-state index is -3.55. The van der Waals surface area contributed by atoms with Crippen LogP contribution in [0.5, 0.6) is 0 Å². The van der Waals surface area contributed by atoms with Crippen molar-refractivity contribution < 1.29 is 13.2 Å². The first-order valence-corrected chi connectivity index (χ1v) is 12.9. The molecule has 0 aliphatic carbocycles. The zero-order chi connectivity index (χ0) is 23.8. The molecular formula is C23H20ClN3O4S2. The summed E-state index contributed by atoms with van der Waals surface area (Å²) in [4.78, 5) is 24.4. The zero-order valence-electron chi connectivity index (χ0n) is 17.8. The van der Waals surface area contributed by atoms with E-state index in [0.29, 0.717) is 27.5 Å². The van der Waals surface area contributed by atoms with Crippen molar-refractivity contribution in [2.24, 2.45) is 7.05 Å². The summed E-state index contributed by atoms with van der Waals surface area (Å²) >= 11 is 7.14. The summed E-state index contributed by atoms with van der Waals surface area (Å²) in [6.07, 6.45) is 1.13. The first-order valence-electron chi connectivity index (χ1n) is 9.85. The van der Waals surface area contributed by atoms with Crippen molar-refractivity contribution in [1.82, 2.24) is 4.57 Å². The topological polar surface area (TPSA) is 88.5 Å². The van der Waals surface area contributed by atoms with Crippen molar-refractivity contribution in [3.8, 4) is 0 Å². The second-order valence-electron chi connectivity index (χ2n) is 7.51.